The van der Waals surface area contributed by atoms with Crippen molar-refractivity contribution in [3.8, 4) is 0 Å². The molecule has 0 radical (unpaired) electrons. The number of imide groups is 2. The van der Waals surface area contributed by atoms with Gasteiger partial charge in [0.15, 0.2) is 0 Å². The molecule has 1 heterocycles. The predicted molar refractivity (Wildman–Crippen MR) is 98.2 cm³/mol. The van der Waals surface area contributed by atoms with E-state index in [-0.39, 0.29) is 18.7 Å². The Balaban J connectivity index is 2.06. The van der Waals surface area contributed by atoms with Crippen molar-refractivity contribution in [1.82, 2.24) is 10.2 Å². The topological polar surface area (TPSA) is 131 Å². The van der Waals surface area contributed by atoms with E-state index < -0.39 is 17.9 Å². The third kappa shape index (κ3) is 4.89. The Morgan fingerprint density at radius 2 is 2.07 bits per heavy atom. The van der Waals surface area contributed by atoms with Crippen molar-refractivity contribution in [2.24, 2.45) is 5.73 Å². The van der Waals surface area contributed by atoms with E-state index in [4.69, 9.17) is 10.5 Å². The Morgan fingerprint density at radius 3 is 2.78 bits per heavy atom. The summed E-state index contributed by atoms with van der Waals surface area (Å²) in [5, 5.41) is 5.15. The first kappa shape index (κ1) is 20.5. The Kier molecular flexibility index (Phi) is 7.44. The molecule has 2 rings (SSSR count). The number of ether oxygens (including phenoxy) is 1. The Morgan fingerprint density at radius 1 is 1.30 bits per heavy atom. The van der Waals surface area contributed by atoms with Gasteiger partial charge in [-0.3, -0.25) is 29.4 Å². The predicted octanol–water partition coefficient (Wildman–Crippen LogP) is 0.111. The van der Waals surface area contributed by atoms with Crippen LogP contribution in [-0.2, 0) is 14.3 Å². The summed E-state index contributed by atoms with van der Waals surface area (Å²) < 4.78 is 5.29. The molecule has 0 spiro atoms. The van der Waals surface area contributed by atoms with Gasteiger partial charge < -0.3 is 15.8 Å². The van der Waals surface area contributed by atoms with Crippen molar-refractivity contribution in [1.29, 1.82) is 0 Å². The first-order valence-electron chi connectivity index (χ1n) is 8.76. The summed E-state index contributed by atoms with van der Waals surface area (Å²) in [6.45, 7) is 3.48. The van der Waals surface area contributed by atoms with Crippen LogP contribution in [0.1, 0.15) is 40.5 Å². The number of hydrogen-bond acceptors (Lipinski definition) is 7. The largest absolute Gasteiger partial charge is 0.382 e. The molecule has 1 atom stereocenters. The molecule has 1 aromatic rings. The van der Waals surface area contributed by atoms with Gasteiger partial charge in [0.1, 0.15) is 0 Å². The number of amides is 4. The summed E-state index contributed by atoms with van der Waals surface area (Å²) in [4.78, 5) is 48.4. The molecule has 1 aliphatic heterocycles. The molecule has 0 fully saturated rings. The maximum absolute atomic E-state index is 12.8. The van der Waals surface area contributed by atoms with E-state index in [1.807, 2.05) is 5.32 Å². The standard InChI is InChI=1S/C18H24N4O5/c1-12(5-6-15(24)21-11-23)22-17(25)13-3-2-4-14(16(13)18(22)26)20-8-10-27-9-7-19/h2-4,11-12,20H,5-10,19H2,1H3,(H,21,23,24). The van der Waals surface area contributed by atoms with Crippen molar-refractivity contribution in [3.63, 3.8) is 0 Å². The molecule has 0 bridgehead atoms. The van der Waals surface area contributed by atoms with Gasteiger partial charge in [-0.25, -0.2) is 0 Å². The lowest BCUT2D eigenvalue weighted by Crippen LogP contribution is -2.38. The maximum atomic E-state index is 12.8. The van der Waals surface area contributed by atoms with Gasteiger partial charge in [0.2, 0.25) is 12.3 Å². The highest BCUT2D eigenvalue weighted by Crippen LogP contribution is 2.31. The number of fused-ring (bicyclic) bond motifs is 1. The highest BCUT2D eigenvalue weighted by molar-refractivity contribution is 6.23. The van der Waals surface area contributed by atoms with Gasteiger partial charge in [-0.15, -0.1) is 0 Å². The zero-order chi connectivity index (χ0) is 19.8. The lowest BCUT2D eigenvalue weighted by Gasteiger charge is -2.22. The minimum atomic E-state index is -0.476. The van der Waals surface area contributed by atoms with Gasteiger partial charge in [-0.1, -0.05) is 6.07 Å². The molecular weight excluding hydrogens is 352 g/mol. The zero-order valence-electron chi connectivity index (χ0n) is 15.2. The van der Waals surface area contributed by atoms with E-state index in [0.717, 1.165) is 4.90 Å². The molecule has 0 aliphatic carbocycles. The summed E-state index contributed by atoms with van der Waals surface area (Å²) in [5.74, 6) is -1.24. The van der Waals surface area contributed by atoms with Gasteiger partial charge in [-0.05, 0) is 25.5 Å². The van der Waals surface area contributed by atoms with E-state index >= 15 is 0 Å². The van der Waals surface area contributed by atoms with E-state index in [0.29, 0.717) is 49.5 Å². The molecule has 1 unspecified atom stereocenters. The van der Waals surface area contributed by atoms with Crippen LogP contribution < -0.4 is 16.4 Å². The number of benzene rings is 1. The van der Waals surface area contributed by atoms with Gasteiger partial charge in [0.05, 0.1) is 24.3 Å². The Hall–Kier alpha value is -2.78. The van der Waals surface area contributed by atoms with Crippen LogP contribution in [0.15, 0.2) is 18.2 Å². The highest BCUT2D eigenvalue weighted by atomic mass is 16.5. The average Bonchev–Trinajstić information content (AvgIpc) is 2.91. The van der Waals surface area contributed by atoms with Crippen molar-refractivity contribution in [2.45, 2.75) is 25.8 Å². The second kappa shape index (κ2) is 9.79. The second-order valence-corrected chi connectivity index (χ2v) is 6.11. The van der Waals surface area contributed by atoms with Crippen LogP contribution in [0.4, 0.5) is 5.69 Å². The smallest absolute Gasteiger partial charge is 0.263 e. The fourth-order valence-electron chi connectivity index (χ4n) is 2.90. The van der Waals surface area contributed by atoms with Crippen molar-refractivity contribution >= 4 is 29.8 Å². The number of anilines is 1. The fourth-order valence-corrected chi connectivity index (χ4v) is 2.90. The van der Waals surface area contributed by atoms with E-state index in [1.165, 1.54) is 0 Å². The summed E-state index contributed by atoms with van der Waals surface area (Å²) in [6.07, 6.45) is 0.613. The number of carbonyl (C=O) groups is 4. The van der Waals surface area contributed by atoms with Crippen LogP contribution in [0.2, 0.25) is 0 Å². The molecule has 146 valence electrons. The second-order valence-electron chi connectivity index (χ2n) is 6.11. The zero-order valence-corrected chi connectivity index (χ0v) is 15.2. The highest BCUT2D eigenvalue weighted by Gasteiger charge is 2.40. The first-order chi connectivity index (χ1) is 13.0. The summed E-state index contributed by atoms with van der Waals surface area (Å²) in [5.41, 5.74) is 6.58. The maximum Gasteiger partial charge on any atom is 0.263 e. The number of carbonyl (C=O) groups excluding carboxylic acids is 4. The van der Waals surface area contributed by atoms with E-state index in [9.17, 15) is 19.2 Å². The number of rotatable bonds is 11. The SMILES string of the molecule is CC(CCC(=O)NC=O)N1C(=O)c2cccc(NCCOCCN)c2C1=O. The fraction of sp³-hybridized carbons (Fsp3) is 0.444. The molecule has 1 aromatic carbocycles. The van der Waals surface area contributed by atoms with Gasteiger partial charge in [0, 0.05) is 31.2 Å². The normalized spacial score (nSPS) is 14.1. The first-order valence-corrected chi connectivity index (χ1v) is 8.76. The quantitative estimate of drug-likeness (QED) is 0.284. The number of nitrogens with one attached hydrogen (secondary N) is 2. The monoisotopic (exact) mass is 376 g/mol. The van der Waals surface area contributed by atoms with E-state index in [1.54, 1.807) is 25.1 Å². The molecule has 9 heteroatoms. The molecule has 9 nitrogen and oxygen atoms in total. The van der Waals surface area contributed by atoms with Gasteiger partial charge in [0.25, 0.3) is 11.8 Å². The molecule has 1 aliphatic rings. The minimum absolute atomic E-state index is 0.0386. The third-order valence-corrected chi connectivity index (χ3v) is 4.22. The average molecular weight is 376 g/mol. The lowest BCUT2D eigenvalue weighted by molar-refractivity contribution is -0.125. The van der Waals surface area contributed by atoms with Gasteiger partial charge >= 0.3 is 0 Å². The summed E-state index contributed by atoms with van der Waals surface area (Å²) >= 11 is 0. The summed E-state index contributed by atoms with van der Waals surface area (Å²) in [7, 11) is 0. The molecule has 0 saturated carbocycles. The van der Waals surface area contributed by atoms with E-state index in [2.05, 4.69) is 5.32 Å². The number of nitrogens with two attached hydrogens (primary N) is 1. The van der Waals surface area contributed by atoms with Crippen molar-refractivity contribution < 1.29 is 23.9 Å². The molecule has 0 saturated heterocycles. The van der Waals surface area contributed by atoms with Crippen molar-refractivity contribution in [3.05, 3.63) is 29.3 Å². The lowest BCUT2D eigenvalue weighted by atomic mass is 10.1. The molecule has 4 amide bonds. The van der Waals surface area contributed by atoms with Crippen LogP contribution in [0.5, 0.6) is 0 Å². The molecule has 27 heavy (non-hydrogen) atoms. The van der Waals surface area contributed by atoms with Crippen LogP contribution in [-0.4, -0.2) is 61.4 Å². The minimum Gasteiger partial charge on any atom is -0.382 e. The van der Waals surface area contributed by atoms with Crippen LogP contribution >= 0.6 is 0 Å². The summed E-state index contributed by atoms with van der Waals surface area (Å²) in [6, 6.07) is 4.57. The number of nitrogens with zero attached hydrogens (tertiary/aromatic N) is 1. The van der Waals surface area contributed by atoms with Gasteiger partial charge in [-0.2, -0.15) is 0 Å². The molecular formula is C18H24N4O5. The Labute approximate surface area is 157 Å². The van der Waals surface area contributed by atoms with Crippen LogP contribution in [0, 0.1) is 0 Å². The van der Waals surface area contributed by atoms with Crippen molar-refractivity contribution in [2.75, 3.05) is 31.6 Å². The molecule has 0 aromatic heterocycles. The van der Waals surface area contributed by atoms with Crippen LogP contribution in [0.25, 0.3) is 0 Å². The number of hydrogen-bond donors (Lipinski definition) is 3. The third-order valence-electron chi connectivity index (χ3n) is 4.22. The van der Waals surface area contributed by atoms with Crippen LogP contribution in [0.3, 0.4) is 0 Å². The molecule has 4 N–H and O–H groups in total. The Bertz CT molecular complexity index is 722.